The third-order valence-electron chi connectivity index (χ3n) is 4.49. The van der Waals surface area contributed by atoms with Crippen molar-refractivity contribution >= 4 is 11.8 Å². The first-order valence-corrected chi connectivity index (χ1v) is 9.04. The van der Waals surface area contributed by atoms with Crippen molar-refractivity contribution in [3.63, 3.8) is 0 Å². The molecule has 3 N–H and O–H groups in total. The van der Waals surface area contributed by atoms with Gasteiger partial charge in [0.1, 0.15) is 0 Å². The van der Waals surface area contributed by atoms with Gasteiger partial charge in [0.15, 0.2) is 0 Å². The summed E-state index contributed by atoms with van der Waals surface area (Å²) in [5, 5.41) is 9.16. The standard InChI is InChI=1S/C19H30N4O2/c1-23(2)12-11-21-19(25)17-6-3-15(4-7-17)14-22-18(24)8-5-16-9-10-20-13-16/h3-4,6-7,16,20H,5,8-14H2,1-2H3,(H,21,25)(H,22,24). The molecular weight excluding hydrogens is 316 g/mol. The lowest BCUT2D eigenvalue weighted by Gasteiger charge is -2.11. The van der Waals surface area contributed by atoms with Gasteiger partial charge in [-0.15, -0.1) is 0 Å². The number of likely N-dealkylation sites (N-methyl/N-ethyl adjacent to an activating group) is 1. The zero-order valence-corrected chi connectivity index (χ0v) is 15.3. The first-order chi connectivity index (χ1) is 12.0. The molecule has 1 heterocycles. The molecule has 0 radical (unpaired) electrons. The average molecular weight is 346 g/mol. The molecule has 25 heavy (non-hydrogen) atoms. The molecule has 1 atom stereocenters. The van der Waals surface area contributed by atoms with Crippen molar-refractivity contribution in [2.45, 2.75) is 25.8 Å². The molecule has 6 heteroatoms. The Bertz CT molecular complexity index is 551. The van der Waals surface area contributed by atoms with Crippen molar-refractivity contribution in [3.8, 4) is 0 Å². The predicted octanol–water partition coefficient (Wildman–Crippen LogP) is 0.984. The van der Waals surface area contributed by atoms with Crippen LogP contribution in [-0.4, -0.2) is 57.0 Å². The van der Waals surface area contributed by atoms with Crippen LogP contribution in [0.1, 0.15) is 35.2 Å². The van der Waals surface area contributed by atoms with Crippen molar-refractivity contribution in [2.24, 2.45) is 5.92 Å². The van der Waals surface area contributed by atoms with Gasteiger partial charge in [-0.2, -0.15) is 0 Å². The highest BCUT2D eigenvalue weighted by molar-refractivity contribution is 5.94. The van der Waals surface area contributed by atoms with E-state index < -0.39 is 0 Å². The molecule has 1 aliphatic rings. The molecule has 0 spiro atoms. The molecule has 6 nitrogen and oxygen atoms in total. The maximum atomic E-state index is 12.0. The van der Waals surface area contributed by atoms with E-state index in [1.807, 2.05) is 31.1 Å². The first-order valence-electron chi connectivity index (χ1n) is 9.04. The van der Waals surface area contributed by atoms with Crippen molar-refractivity contribution < 1.29 is 9.59 Å². The van der Waals surface area contributed by atoms with Gasteiger partial charge in [0, 0.05) is 31.6 Å². The number of benzene rings is 1. The minimum atomic E-state index is -0.0670. The molecule has 138 valence electrons. The van der Waals surface area contributed by atoms with Gasteiger partial charge in [-0.25, -0.2) is 0 Å². The van der Waals surface area contributed by atoms with E-state index in [0.717, 1.165) is 31.6 Å². The molecule has 1 saturated heterocycles. The number of rotatable bonds is 9. The lowest BCUT2D eigenvalue weighted by molar-refractivity contribution is -0.121. The Balaban J connectivity index is 1.68. The van der Waals surface area contributed by atoms with E-state index in [1.54, 1.807) is 12.1 Å². The SMILES string of the molecule is CN(C)CCNC(=O)c1ccc(CNC(=O)CCC2CCNC2)cc1. The lowest BCUT2D eigenvalue weighted by Crippen LogP contribution is -2.31. The highest BCUT2D eigenvalue weighted by Gasteiger charge is 2.15. The van der Waals surface area contributed by atoms with Crippen molar-refractivity contribution in [2.75, 3.05) is 40.3 Å². The van der Waals surface area contributed by atoms with Crippen LogP contribution in [0.4, 0.5) is 0 Å². The van der Waals surface area contributed by atoms with Crippen LogP contribution in [0.15, 0.2) is 24.3 Å². The van der Waals surface area contributed by atoms with Crippen LogP contribution in [-0.2, 0) is 11.3 Å². The van der Waals surface area contributed by atoms with E-state index in [0.29, 0.717) is 31.0 Å². The second-order valence-corrected chi connectivity index (χ2v) is 6.93. The van der Waals surface area contributed by atoms with Crippen LogP contribution in [0.25, 0.3) is 0 Å². The first kappa shape index (κ1) is 19.4. The number of amides is 2. The third kappa shape index (κ3) is 7.23. The predicted molar refractivity (Wildman–Crippen MR) is 99.4 cm³/mol. The van der Waals surface area contributed by atoms with Gasteiger partial charge >= 0.3 is 0 Å². The summed E-state index contributed by atoms with van der Waals surface area (Å²) in [5.41, 5.74) is 1.64. The highest BCUT2D eigenvalue weighted by atomic mass is 16.2. The molecule has 2 amide bonds. The number of hydrogen-bond acceptors (Lipinski definition) is 4. The minimum Gasteiger partial charge on any atom is -0.352 e. The molecule has 1 aliphatic heterocycles. The fraction of sp³-hybridized carbons (Fsp3) is 0.579. The number of carbonyl (C=O) groups excluding carboxylic acids is 2. The molecule has 1 unspecified atom stereocenters. The van der Waals surface area contributed by atoms with Crippen molar-refractivity contribution in [3.05, 3.63) is 35.4 Å². The van der Waals surface area contributed by atoms with Crippen LogP contribution >= 0.6 is 0 Å². The summed E-state index contributed by atoms with van der Waals surface area (Å²) < 4.78 is 0. The Morgan fingerprint density at radius 2 is 1.96 bits per heavy atom. The van der Waals surface area contributed by atoms with Gasteiger partial charge in [-0.05, 0) is 63.6 Å². The monoisotopic (exact) mass is 346 g/mol. The third-order valence-corrected chi connectivity index (χ3v) is 4.49. The molecule has 1 fully saturated rings. The van der Waals surface area contributed by atoms with E-state index in [9.17, 15) is 9.59 Å². The highest BCUT2D eigenvalue weighted by Crippen LogP contribution is 2.14. The number of nitrogens with one attached hydrogen (secondary N) is 3. The maximum Gasteiger partial charge on any atom is 0.251 e. The van der Waals surface area contributed by atoms with Crippen LogP contribution < -0.4 is 16.0 Å². The van der Waals surface area contributed by atoms with Gasteiger partial charge < -0.3 is 20.9 Å². The summed E-state index contributed by atoms with van der Waals surface area (Å²) in [4.78, 5) is 26.0. The molecule has 0 saturated carbocycles. The normalized spacial score (nSPS) is 16.8. The number of hydrogen-bond donors (Lipinski definition) is 3. The molecule has 2 rings (SSSR count). The van der Waals surface area contributed by atoms with Crippen molar-refractivity contribution in [1.82, 2.24) is 20.9 Å². The minimum absolute atomic E-state index is 0.0670. The number of carbonyl (C=O) groups is 2. The van der Waals surface area contributed by atoms with Gasteiger partial charge in [0.2, 0.25) is 5.91 Å². The summed E-state index contributed by atoms with van der Waals surface area (Å²) >= 11 is 0. The summed E-state index contributed by atoms with van der Waals surface area (Å²) in [7, 11) is 3.94. The summed E-state index contributed by atoms with van der Waals surface area (Å²) in [6.45, 7) is 4.05. The van der Waals surface area contributed by atoms with E-state index in [1.165, 1.54) is 6.42 Å². The molecule has 1 aromatic rings. The Morgan fingerprint density at radius 3 is 2.60 bits per heavy atom. The fourth-order valence-corrected chi connectivity index (χ4v) is 2.85. The zero-order valence-electron chi connectivity index (χ0n) is 15.3. The summed E-state index contributed by atoms with van der Waals surface area (Å²) in [5.74, 6) is 0.663. The molecule has 0 aliphatic carbocycles. The molecule has 0 bridgehead atoms. The van der Waals surface area contributed by atoms with E-state index in [2.05, 4.69) is 16.0 Å². The van der Waals surface area contributed by atoms with E-state index in [-0.39, 0.29) is 11.8 Å². The van der Waals surface area contributed by atoms with Crippen molar-refractivity contribution in [1.29, 1.82) is 0 Å². The van der Waals surface area contributed by atoms with Crippen LogP contribution in [0, 0.1) is 5.92 Å². The molecule has 1 aromatic carbocycles. The van der Waals surface area contributed by atoms with E-state index in [4.69, 9.17) is 0 Å². The zero-order chi connectivity index (χ0) is 18.1. The average Bonchev–Trinajstić information content (AvgIpc) is 3.11. The quantitative estimate of drug-likeness (QED) is 0.623. The lowest BCUT2D eigenvalue weighted by atomic mass is 10.0. The van der Waals surface area contributed by atoms with E-state index >= 15 is 0 Å². The van der Waals surface area contributed by atoms with Gasteiger partial charge in [-0.1, -0.05) is 12.1 Å². The summed E-state index contributed by atoms with van der Waals surface area (Å²) in [6.07, 6.45) is 2.70. The summed E-state index contributed by atoms with van der Waals surface area (Å²) in [6, 6.07) is 7.39. The van der Waals surface area contributed by atoms with Gasteiger partial charge in [-0.3, -0.25) is 9.59 Å². The van der Waals surface area contributed by atoms with Crippen LogP contribution in [0.2, 0.25) is 0 Å². The Kier molecular flexibility index (Phi) is 7.88. The Hall–Kier alpha value is -1.92. The Labute approximate surface area is 150 Å². The molecule has 0 aromatic heterocycles. The smallest absolute Gasteiger partial charge is 0.251 e. The second kappa shape index (κ2) is 10.2. The Morgan fingerprint density at radius 1 is 1.20 bits per heavy atom. The largest absolute Gasteiger partial charge is 0.352 e. The van der Waals surface area contributed by atoms with Gasteiger partial charge in [0.05, 0.1) is 0 Å². The van der Waals surface area contributed by atoms with Crippen LogP contribution in [0.5, 0.6) is 0 Å². The topological polar surface area (TPSA) is 73.5 Å². The second-order valence-electron chi connectivity index (χ2n) is 6.93. The number of nitrogens with zero attached hydrogens (tertiary/aromatic N) is 1. The molecular formula is C19H30N4O2. The fourth-order valence-electron chi connectivity index (χ4n) is 2.85. The van der Waals surface area contributed by atoms with Crippen LogP contribution in [0.3, 0.4) is 0 Å². The maximum absolute atomic E-state index is 12.0. The van der Waals surface area contributed by atoms with Gasteiger partial charge in [0.25, 0.3) is 5.91 Å².